The van der Waals surface area contributed by atoms with Crippen molar-refractivity contribution < 1.29 is 4.74 Å². The van der Waals surface area contributed by atoms with Crippen LogP contribution in [0, 0.1) is 10.8 Å². The summed E-state index contributed by atoms with van der Waals surface area (Å²) >= 11 is 0. The Morgan fingerprint density at radius 2 is 2.00 bits per heavy atom. The van der Waals surface area contributed by atoms with E-state index in [1.807, 2.05) is 6.92 Å². The average Bonchev–Trinajstić information content (AvgIpc) is 2.05. The molecule has 0 aliphatic rings. The molecule has 0 aromatic rings. The summed E-state index contributed by atoms with van der Waals surface area (Å²) in [7, 11) is 1.51. The minimum Gasteiger partial charge on any atom is -0.495 e. The molecule has 0 radical (unpaired) electrons. The van der Waals surface area contributed by atoms with Gasteiger partial charge in [-0.2, -0.15) is 0 Å². The summed E-state index contributed by atoms with van der Waals surface area (Å²) in [6, 6.07) is 0. The van der Waals surface area contributed by atoms with Gasteiger partial charge < -0.3 is 15.6 Å². The van der Waals surface area contributed by atoms with E-state index in [-0.39, 0.29) is 0 Å². The predicted octanol–water partition coefficient (Wildman–Crippen LogP) is 1.99. The van der Waals surface area contributed by atoms with Gasteiger partial charge in [0, 0.05) is 11.8 Å². The van der Waals surface area contributed by atoms with Crippen molar-refractivity contribution >= 4 is 12.4 Å². The third-order valence-electron chi connectivity index (χ3n) is 1.36. The summed E-state index contributed by atoms with van der Waals surface area (Å²) in [6.07, 6.45) is 4.14. The molecule has 0 fully saturated rings. The van der Waals surface area contributed by atoms with Crippen molar-refractivity contribution in [1.82, 2.24) is 0 Å². The van der Waals surface area contributed by atoms with E-state index in [9.17, 15) is 0 Å². The van der Waals surface area contributed by atoms with Crippen LogP contribution in [-0.4, -0.2) is 19.5 Å². The zero-order chi connectivity index (χ0) is 8.69. The molecule has 0 saturated heterocycles. The lowest BCUT2D eigenvalue weighted by Crippen LogP contribution is -1.96. The van der Waals surface area contributed by atoms with Crippen LogP contribution in [-0.2, 0) is 4.74 Å². The topological polar surface area (TPSA) is 56.9 Å². The molecule has 0 atom stereocenters. The molecule has 0 unspecified atom stereocenters. The highest BCUT2D eigenvalue weighted by molar-refractivity contribution is 5.87. The van der Waals surface area contributed by atoms with Crippen LogP contribution < -0.4 is 0 Å². The van der Waals surface area contributed by atoms with Gasteiger partial charge >= 0.3 is 0 Å². The normalized spacial score (nSPS) is 11.8. The summed E-state index contributed by atoms with van der Waals surface area (Å²) in [5, 5.41) is 14.0. The third kappa shape index (κ3) is 2.98. The molecule has 11 heavy (non-hydrogen) atoms. The minimum absolute atomic E-state index is 0.488. The Kier molecular flexibility index (Phi) is 5.07. The first-order valence-electron chi connectivity index (χ1n) is 3.58. The summed E-state index contributed by atoms with van der Waals surface area (Å²) in [4.78, 5) is 0. The van der Waals surface area contributed by atoms with Crippen LogP contribution in [0.3, 0.4) is 0 Å². The number of rotatable bonds is 5. The largest absolute Gasteiger partial charge is 0.495 e. The molecule has 62 valence electrons. The van der Waals surface area contributed by atoms with Crippen LogP contribution in [0.25, 0.3) is 0 Å². The van der Waals surface area contributed by atoms with Crippen LogP contribution in [0.2, 0.25) is 0 Å². The van der Waals surface area contributed by atoms with Gasteiger partial charge in [-0.05, 0) is 6.42 Å². The number of ether oxygens (including phenoxy) is 1. The highest BCUT2D eigenvalue weighted by Gasteiger charge is 1.99. The summed E-state index contributed by atoms with van der Waals surface area (Å²) in [5.74, 6) is 0.488. The lowest BCUT2D eigenvalue weighted by molar-refractivity contribution is 0.313. The van der Waals surface area contributed by atoms with Crippen LogP contribution in [0.5, 0.6) is 0 Å². The molecule has 3 nitrogen and oxygen atoms in total. The van der Waals surface area contributed by atoms with Gasteiger partial charge in [-0.15, -0.1) is 0 Å². The van der Waals surface area contributed by atoms with E-state index in [2.05, 4.69) is 0 Å². The molecule has 0 amide bonds. The minimum atomic E-state index is 0.488. The fraction of sp³-hybridized carbons (Fsp3) is 0.500. The van der Waals surface area contributed by atoms with Crippen molar-refractivity contribution in [1.29, 1.82) is 10.8 Å². The van der Waals surface area contributed by atoms with Gasteiger partial charge in [-0.1, -0.05) is 13.3 Å². The lowest BCUT2D eigenvalue weighted by Gasteiger charge is -2.03. The monoisotopic (exact) mass is 154 g/mol. The van der Waals surface area contributed by atoms with Crippen LogP contribution >= 0.6 is 0 Å². The molecule has 3 heteroatoms. The van der Waals surface area contributed by atoms with E-state index in [1.165, 1.54) is 13.3 Å². The molecular weight excluding hydrogens is 140 g/mol. The highest BCUT2D eigenvalue weighted by atomic mass is 16.5. The summed E-state index contributed by atoms with van der Waals surface area (Å²) in [6.45, 7) is 2.03. The number of hydrogen-bond donors (Lipinski definition) is 2. The van der Waals surface area contributed by atoms with Gasteiger partial charge in [0.1, 0.15) is 5.76 Å². The maximum atomic E-state index is 7.03. The second kappa shape index (κ2) is 5.65. The first-order valence-corrected chi connectivity index (χ1v) is 3.58. The smallest absolute Gasteiger partial charge is 0.141 e. The van der Waals surface area contributed by atoms with Gasteiger partial charge in [0.05, 0.1) is 13.3 Å². The van der Waals surface area contributed by atoms with E-state index < -0.39 is 0 Å². The molecule has 0 bridgehead atoms. The number of hydrogen-bond acceptors (Lipinski definition) is 3. The lowest BCUT2D eigenvalue weighted by atomic mass is 10.1. The van der Waals surface area contributed by atoms with E-state index in [1.54, 1.807) is 0 Å². The Labute approximate surface area is 67.1 Å². The third-order valence-corrected chi connectivity index (χ3v) is 1.36. The Hall–Kier alpha value is -1.12. The standard InChI is InChI=1S/C8H14N2O/c1-3-4-7(5-9)8(6-10)11-2/h5-6,9-10H,3-4H2,1-2H3/b8-7+,9-5?,10-6?. The van der Waals surface area contributed by atoms with Crippen molar-refractivity contribution in [3.63, 3.8) is 0 Å². The molecular formula is C8H14N2O. The summed E-state index contributed by atoms with van der Waals surface area (Å²) < 4.78 is 4.89. The highest BCUT2D eigenvalue weighted by Crippen LogP contribution is 2.07. The van der Waals surface area contributed by atoms with E-state index >= 15 is 0 Å². The second-order valence-corrected chi connectivity index (χ2v) is 2.13. The first kappa shape index (κ1) is 9.88. The van der Waals surface area contributed by atoms with Gasteiger partial charge in [0.15, 0.2) is 0 Å². The number of allylic oxidation sites excluding steroid dienone is 2. The molecule has 0 spiro atoms. The quantitative estimate of drug-likeness (QED) is 0.461. The molecule has 0 heterocycles. The maximum absolute atomic E-state index is 7.03. The molecule has 2 N–H and O–H groups in total. The molecule has 0 aromatic heterocycles. The van der Waals surface area contributed by atoms with Crippen molar-refractivity contribution in [2.24, 2.45) is 0 Å². The fourth-order valence-corrected chi connectivity index (χ4v) is 0.819. The van der Waals surface area contributed by atoms with E-state index in [0.717, 1.165) is 24.6 Å². The zero-order valence-corrected chi connectivity index (χ0v) is 6.98. The van der Waals surface area contributed by atoms with Crippen LogP contribution in [0.15, 0.2) is 11.3 Å². The molecule has 0 saturated carbocycles. The fourth-order valence-electron chi connectivity index (χ4n) is 0.819. The van der Waals surface area contributed by atoms with E-state index in [4.69, 9.17) is 15.6 Å². The Morgan fingerprint density at radius 1 is 1.36 bits per heavy atom. The SMILES string of the molecule is CCC/C(C=N)=C(/C=N)OC. The number of nitrogens with one attached hydrogen (secondary N) is 2. The van der Waals surface area contributed by atoms with Crippen molar-refractivity contribution in [2.75, 3.05) is 7.11 Å². The average molecular weight is 154 g/mol. The predicted molar refractivity (Wildman–Crippen MR) is 46.5 cm³/mol. The summed E-state index contributed by atoms with van der Waals surface area (Å²) in [5.41, 5.74) is 0.782. The first-order chi connectivity index (χ1) is 5.29. The van der Waals surface area contributed by atoms with Gasteiger partial charge in [-0.25, -0.2) is 0 Å². The molecule has 0 aliphatic heterocycles. The van der Waals surface area contributed by atoms with Crippen molar-refractivity contribution in [3.8, 4) is 0 Å². The van der Waals surface area contributed by atoms with E-state index in [0.29, 0.717) is 5.76 Å². The van der Waals surface area contributed by atoms with Gasteiger partial charge in [-0.3, -0.25) is 0 Å². The number of methoxy groups -OCH3 is 1. The molecule has 0 rings (SSSR count). The van der Waals surface area contributed by atoms with Crippen LogP contribution in [0.1, 0.15) is 19.8 Å². The van der Waals surface area contributed by atoms with Gasteiger partial charge in [0.25, 0.3) is 0 Å². The molecule has 0 aromatic carbocycles. The van der Waals surface area contributed by atoms with Crippen LogP contribution in [0.4, 0.5) is 0 Å². The second-order valence-electron chi connectivity index (χ2n) is 2.13. The Morgan fingerprint density at radius 3 is 2.27 bits per heavy atom. The molecule has 0 aliphatic carbocycles. The van der Waals surface area contributed by atoms with Crippen molar-refractivity contribution in [3.05, 3.63) is 11.3 Å². The van der Waals surface area contributed by atoms with Gasteiger partial charge in [0.2, 0.25) is 0 Å². The Balaban J connectivity index is 4.46. The Bertz CT molecular complexity index is 173. The zero-order valence-electron chi connectivity index (χ0n) is 6.98. The maximum Gasteiger partial charge on any atom is 0.141 e. The van der Waals surface area contributed by atoms with Crippen molar-refractivity contribution in [2.45, 2.75) is 19.8 Å².